The number of hydrogen-bond acceptors (Lipinski definition) is 6. The summed E-state index contributed by atoms with van der Waals surface area (Å²) in [6, 6.07) is 6.32. The van der Waals surface area contributed by atoms with Crippen LogP contribution in [0.15, 0.2) is 29.2 Å². The van der Waals surface area contributed by atoms with E-state index < -0.39 is 28.9 Å². The van der Waals surface area contributed by atoms with E-state index in [0.717, 1.165) is 5.56 Å². The summed E-state index contributed by atoms with van der Waals surface area (Å²) in [5.74, 6) is 0. The molecule has 0 saturated heterocycles. The Morgan fingerprint density at radius 1 is 0.920 bits per heavy atom. The molecule has 0 radical (unpaired) electrons. The van der Waals surface area contributed by atoms with E-state index >= 15 is 0 Å². The quantitative estimate of drug-likeness (QED) is 0.501. The van der Waals surface area contributed by atoms with Crippen LogP contribution in [0.3, 0.4) is 0 Å². The average Bonchev–Trinajstić information content (AvgIpc) is 2.33. The SMILES string of the molecule is Cc1ccc(S(=O)(=O)OCCP(=O)(OC(C)(C)C)OC(C)(C)C)cc1. The van der Waals surface area contributed by atoms with Crippen LogP contribution in [0.25, 0.3) is 0 Å². The summed E-state index contributed by atoms with van der Waals surface area (Å²) in [6.45, 7) is 12.1. The van der Waals surface area contributed by atoms with Crippen molar-refractivity contribution in [1.29, 1.82) is 0 Å². The highest BCUT2D eigenvalue weighted by atomic mass is 32.2. The highest BCUT2D eigenvalue weighted by molar-refractivity contribution is 7.86. The summed E-state index contributed by atoms with van der Waals surface area (Å²) in [5, 5.41) is 0. The van der Waals surface area contributed by atoms with E-state index in [1.54, 1.807) is 53.7 Å². The van der Waals surface area contributed by atoms with Gasteiger partial charge in [0.15, 0.2) is 0 Å². The lowest BCUT2D eigenvalue weighted by molar-refractivity contribution is 0.0482. The molecule has 1 aromatic rings. The molecule has 0 unspecified atom stereocenters. The summed E-state index contributed by atoms with van der Waals surface area (Å²) >= 11 is 0. The first-order valence-corrected chi connectivity index (χ1v) is 11.2. The topological polar surface area (TPSA) is 78.9 Å². The van der Waals surface area contributed by atoms with E-state index in [1.807, 2.05) is 6.92 Å². The zero-order valence-electron chi connectivity index (χ0n) is 16.0. The molecule has 0 fully saturated rings. The molecule has 25 heavy (non-hydrogen) atoms. The maximum absolute atomic E-state index is 13.0. The lowest BCUT2D eigenvalue weighted by Gasteiger charge is -2.31. The van der Waals surface area contributed by atoms with Crippen molar-refractivity contribution in [3.63, 3.8) is 0 Å². The first-order chi connectivity index (χ1) is 11.1. The minimum Gasteiger partial charge on any atom is -0.303 e. The Labute approximate surface area is 151 Å². The average molecular weight is 392 g/mol. The maximum Gasteiger partial charge on any atom is 0.334 e. The Kier molecular flexibility index (Phi) is 7.04. The zero-order chi connectivity index (χ0) is 19.5. The van der Waals surface area contributed by atoms with Crippen molar-refractivity contribution in [2.75, 3.05) is 12.8 Å². The second-order valence-corrected chi connectivity index (χ2v) is 11.5. The predicted molar refractivity (Wildman–Crippen MR) is 98.5 cm³/mol. The second-order valence-electron chi connectivity index (χ2n) is 7.83. The van der Waals surface area contributed by atoms with E-state index in [0.29, 0.717) is 0 Å². The third kappa shape index (κ3) is 8.47. The first kappa shape index (κ1) is 22.3. The van der Waals surface area contributed by atoms with Crippen LogP contribution in [-0.2, 0) is 27.9 Å². The zero-order valence-corrected chi connectivity index (χ0v) is 17.7. The number of rotatable bonds is 7. The molecule has 0 aliphatic rings. The number of hydrogen-bond donors (Lipinski definition) is 0. The minimum absolute atomic E-state index is 0.0569. The van der Waals surface area contributed by atoms with Crippen molar-refractivity contribution in [3.8, 4) is 0 Å². The summed E-state index contributed by atoms with van der Waals surface area (Å²) in [5.41, 5.74) is -0.451. The third-order valence-corrected chi connectivity index (χ3v) is 6.45. The molecule has 0 saturated carbocycles. The van der Waals surface area contributed by atoms with Crippen LogP contribution in [-0.4, -0.2) is 32.4 Å². The van der Waals surface area contributed by atoms with Crippen LogP contribution in [0.1, 0.15) is 47.1 Å². The van der Waals surface area contributed by atoms with Crippen molar-refractivity contribution < 1.29 is 26.2 Å². The smallest absolute Gasteiger partial charge is 0.303 e. The fraction of sp³-hybridized carbons (Fsp3) is 0.647. The lowest BCUT2D eigenvalue weighted by Crippen LogP contribution is -2.26. The van der Waals surface area contributed by atoms with Crippen LogP contribution < -0.4 is 0 Å². The second kappa shape index (κ2) is 7.89. The van der Waals surface area contributed by atoms with Gasteiger partial charge in [-0.05, 0) is 60.6 Å². The third-order valence-electron chi connectivity index (χ3n) is 2.74. The van der Waals surface area contributed by atoms with Crippen LogP contribution in [0.2, 0.25) is 0 Å². The van der Waals surface area contributed by atoms with E-state index in [2.05, 4.69) is 0 Å². The molecule has 1 aromatic carbocycles. The van der Waals surface area contributed by atoms with Gasteiger partial charge in [-0.1, -0.05) is 17.7 Å². The molecule has 0 amide bonds. The largest absolute Gasteiger partial charge is 0.334 e. The van der Waals surface area contributed by atoms with Crippen LogP contribution in [0.5, 0.6) is 0 Å². The molecular weight excluding hydrogens is 363 g/mol. The molecule has 8 heteroatoms. The molecule has 144 valence electrons. The van der Waals surface area contributed by atoms with Crippen molar-refractivity contribution in [2.24, 2.45) is 0 Å². The predicted octanol–water partition coefficient (Wildman–Crippen LogP) is 4.52. The molecule has 0 spiro atoms. The molecular formula is C17H29O6PS. The molecule has 0 aliphatic heterocycles. The molecule has 0 N–H and O–H groups in total. The highest BCUT2D eigenvalue weighted by Gasteiger charge is 2.35. The van der Waals surface area contributed by atoms with Gasteiger partial charge in [0.25, 0.3) is 10.1 Å². The van der Waals surface area contributed by atoms with Gasteiger partial charge < -0.3 is 9.05 Å². The van der Waals surface area contributed by atoms with Gasteiger partial charge in [-0.3, -0.25) is 8.75 Å². The Morgan fingerprint density at radius 3 is 1.76 bits per heavy atom. The summed E-state index contributed by atoms with van der Waals surface area (Å²) in [7, 11) is -7.46. The van der Waals surface area contributed by atoms with Gasteiger partial charge in [-0.2, -0.15) is 8.42 Å². The standard InChI is InChI=1S/C17H29O6PS/c1-14-8-10-15(11-9-14)25(19,20)21-12-13-24(18,22-16(2,3)4)23-17(5,6)7/h8-11H,12-13H2,1-7H3. The molecule has 0 aromatic heterocycles. The minimum atomic E-state index is -3.92. The van der Waals surface area contributed by atoms with Gasteiger partial charge in [0.1, 0.15) is 0 Å². The summed E-state index contributed by atoms with van der Waals surface area (Å²) < 4.78 is 53.6. The number of aryl methyl sites for hydroxylation is 1. The van der Waals surface area contributed by atoms with Crippen molar-refractivity contribution in [2.45, 2.75) is 64.6 Å². The molecule has 0 aliphatic carbocycles. The van der Waals surface area contributed by atoms with Crippen LogP contribution >= 0.6 is 7.60 Å². The van der Waals surface area contributed by atoms with E-state index in [1.165, 1.54) is 12.1 Å². The van der Waals surface area contributed by atoms with Gasteiger partial charge in [0.2, 0.25) is 0 Å². The normalized spacial score (nSPS) is 13.9. The summed E-state index contributed by atoms with van der Waals surface area (Å²) in [6.07, 6.45) is -0.160. The molecule has 6 nitrogen and oxygen atoms in total. The summed E-state index contributed by atoms with van der Waals surface area (Å²) in [4.78, 5) is 0.0569. The first-order valence-electron chi connectivity index (χ1n) is 8.09. The highest BCUT2D eigenvalue weighted by Crippen LogP contribution is 2.54. The van der Waals surface area contributed by atoms with Crippen molar-refractivity contribution >= 4 is 17.7 Å². The van der Waals surface area contributed by atoms with Gasteiger partial charge >= 0.3 is 7.60 Å². The Morgan fingerprint density at radius 2 is 1.36 bits per heavy atom. The fourth-order valence-corrected chi connectivity index (χ4v) is 5.21. The van der Waals surface area contributed by atoms with E-state index in [-0.39, 0.29) is 17.7 Å². The molecule has 0 atom stereocenters. The molecule has 0 heterocycles. The number of benzene rings is 1. The van der Waals surface area contributed by atoms with Gasteiger partial charge in [-0.25, -0.2) is 0 Å². The van der Waals surface area contributed by atoms with Crippen LogP contribution in [0.4, 0.5) is 0 Å². The Balaban J connectivity index is 2.83. The molecule has 1 rings (SSSR count). The van der Waals surface area contributed by atoms with Crippen molar-refractivity contribution in [3.05, 3.63) is 29.8 Å². The lowest BCUT2D eigenvalue weighted by atomic mass is 10.2. The van der Waals surface area contributed by atoms with Crippen LogP contribution in [0, 0.1) is 6.92 Å². The maximum atomic E-state index is 13.0. The van der Waals surface area contributed by atoms with E-state index in [9.17, 15) is 13.0 Å². The van der Waals surface area contributed by atoms with Crippen molar-refractivity contribution in [1.82, 2.24) is 0 Å². The Hall–Kier alpha value is -0.720. The fourth-order valence-electron chi connectivity index (χ4n) is 1.98. The Bertz CT molecular complexity index is 691. The van der Waals surface area contributed by atoms with E-state index in [4.69, 9.17) is 13.2 Å². The monoisotopic (exact) mass is 392 g/mol. The van der Waals surface area contributed by atoms with Gasteiger partial charge in [0.05, 0.1) is 28.9 Å². The molecule has 0 bridgehead atoms. The van der Waals surface area contributed by atoms with Gasteiger partial charge in [-0.15, -0.1) is 0 Å². The van der Waals surface area contributed by atoms with Gasteiger partial charge in [0, 0.05) is 0 Å².